The van der Waals surface area contributed by atoms with Gasteiger partial charge in [-0.1, -0.05) is 6.92 Å². The second kappa shape index (κ2) is 6.84. The summed E-state index contributed by atoms with van der Waals surface area (Å²) in [4.78, 5) is 16.8. The second-order valence-electron chi connectivity index (χ2n) is 6.64. The van der Waals surface area contributed by atoms with E-state index in [-0.39, 0.29) is 24.0 Å². The average Bonchev–Trinajstić information content (AvgIpc) is 3.28. The maximum Gasteiger partial charge on any atom is 0.237 e. The van der Waals surface area contributed by atoms with E-state index in [0.29, 0.717) is 12.6 Å². The van der Waals surface area contributed by atoms with E-state index in [0.717, 1.165) is 31.5 Å². The summed E-state index contributed by atoms with van der Waals surface area (Å²) in [6.07, 6.45) is 5.85. The number of aromatic nitrogens is 2. The minimum Gasteiger partial charge on any atom is -0.332 e. The van der Waals surface area contributed by atoms with E-state index in [1.54, 1.807) is 15.8 Å². The van der Waals surface area contributed by atoms with Gasteiger partial charge in [-0.3, -0.25) is 14.4 Å². The van der Waals surface area contributed by atoms with Gasteiger partial charge < -0.3 is 4.90 Å². The van der Waals surface area contributed by atoms with Gasteiger partial charge in [0.2, 0.25) is 5.91 Å². The topological polar surface area (TPSA) is 75.5 Å². The summed E-state index contributed by atoms with van der Waals surface area (Å²) in [6.45, 7) is 6.26. The monoisotopic (exact) mass is 354 g/mol. The predicted molar refractivity (Wildman–Crippen MR) is 91.3 cm³/mol. The van der Waals surface area contributed by atoms with E-state index in [9.17, 15) is 13.2 Å². The van der Waals surface area contributed by atoms with Crippen LogP contribution in [0.25, 0.3) is 0 Å². The lowest BCUT2D eigenvalue weighted by Crippen LogP contribution is -2.49. The molecule has 0 bridgehead atoms. The minimum atomic E-state index is -3.13. The molecule has 3 rings (SSSR count). The fourth-order valence-electron chi connectivity index (χ4n) is 3.31. The molecule has 24 heavy (non-hydrogen) atoms. The van der Waals surface area contributed by atoms with Gasteiger partial charge >= 0.3 is 0 Å². The maximum atomic E-state index is 12.8. The Labute approximate surface area is 143 Å². The Hall–Kier alpha value is -1.41. The lowest BCUT2D eigenvalue weighted by atomic mass is 10.1. The molecule has 0 spiro atoms. The van der Waals surface area contributed by atoms with E-state index in [1.807, 2.05) is 13.1 Å². The molecule has 1 amide bonds. The molecule has 1 aromatic rings. The first-order valence-corrected chi connectivity index (χ1v) is 10.5. The Kier molecular flexibility index (Phi) is 4.96. The van der Waals surface area contributed by atoms with Crippen LogP contribution in [0.3, 0.4) is 0 Å². The van der Waals surface area contributed by atoms with E-state index < -0.39 is 15.9 Å². The number of hydrogen-bond acceptors (Lipinski definition) is 5. The number of hydrogen-bond donors (Lipinski definition) is 0. The van der Waals surface area contributed by atoms with Crippen LogP contribution in [0, 0.1) is 0 Å². The summed E-state index contributed by atoms with van der Waals surface area (Å²) in [6, 6.07) is 0.100. The maximum absolute atomic E-state index is 12.8. The van der Waals surface area contributed by atoms with Crippen molar-refractivity contribution in [3.05, 3.63) is 18.0 Å². The van der Waals surface area contributed by atoms with E-state index >= 15 is 0 Å². The standard InChI is InChI=1S/C16H26N4O3S/c1-3-18(14-5-6-14)11-16(21)20-7-8-24(22,23)12-15(20)13-9-17-19(4-2)10-13/h9-10,14-15H,3-8,11-12H2,1-2H3/t15-/m1/s1. The van der Waals surface area contributed by atoms with Crippen molar-refractivity contribution in [1.29, 1.82) is 0 Å². The molecule has 0 radical (unpaired) electrons. The van der Waals surface area contributed by atoms with Crippen molar-refractivity contribution in [2.24, 2.45) is 0 Å². The van der Waals surface area contributed by atoms with Crippen molar-refractivity contribution in [1.82, 2.24) is 19.6 Å². The lowest BCUT2D eigenvalue weighted by Gasteiger charge is -2.36. The normalized spacial score (nSPS) is 23.6. The van der Waals surface area contributed by atoms with Crippen LogP contribution in [-0.4, -0.2) is 71.1 Å². The highest BCUT2D eigenvalue weighted by molar-refractivity contribution is 7.91. The number of nitrogens with zero attached hydrogens (tertiary/aromatic N) is 4. The van der Waals surface area contributed by atoms with E-state index in [1.165, 1.54) is 0 Å². The van der Waals surface area contributed by atoms with Gasteiger partial charge in [-0.2, -0.15) is 5.10 Å². The second-order valence-corrected chi connectivity index (χ2v) is 8.87. The number of aryl methyl sites for hydroxylation is 1. The van der Waals surface area contributed by atoms with Crippen LogP contribution in [0.15, 0.2) is 12.4 Å². The number of carbonyl (C=O) groups excluding carboxylic acids is 1. The Bertz CT molecular complexity index is 696. The van der Waals surface area contributed by atoms with Gasteiger partial charge in [0.1, 0.15) is 0 Å². The van der Waals surface area contributed by atoms with Crippen molar-refractivity contribution in [2.75, 3.05) is 31.1 Å². The average molecular weight is 354 g/mol. The quantitative estimate of drug-likeness (QED) is 0.751. The molecule has 1 saturated carbocycles. The van der Waals surface area contributed by atoms with Crippen LogP contribution in [0.4, 0.5) is 0 Å². The fourth-order valence-corrected chi connectivity index (χ4v) is 4.80. The zero-order valence-electron chi connectivity index (χ0n) is 14.4. The zero-order valence-corrected chi connectivity index (χ0v) is 15.2. The van der Waals surface area contributed by atoms with Crippen molar-refractivity contribution in [3.8, 4) is 0 Å². The summed E-state index contributed by atoms with van der Waals surface area (Å²) in [7, 11) is -3.13. The number of sulfone groups is 1. The number of likely N-dealkylation sites (N-methyl/N-ethyl adjacent to an activating group) is 1. The molecular formula is C16H26N4O3S. The Morgan fingerprint density at radius 1 is 1.38 bits per heavy atom. The third-order valence-corrected chi connectivity index (χ3v) is 6.55. The van der Waals surface area contributed by atoms with Crippen molar-refractivity contribution in [3.63, 3.8) is 0 Å². The molecule has 1 aliphatic heterocycles. The van der Waals surface area contributed by atoms with Gasteiger partial charge in [-0.15, -0.1) is 0 Å². The van der Waals surface area contributed by atoms with E-state index in [2.05, 4.69) is 16.9 Å². The van der Waals surface area contributed by atoms with Gasteiger partial charge in [0.25, 0.3) is 0 Å². The molecule has 134 valence electrons. The van der Waals surface area contributed by atoms with Crippen LogP contribution in [0.5, 0.6) is 0 Å². The smallest absolute Gasteiger partial charge is 0.237 e. The predicted octanol–water partition coefficient (Wildman–Crippen LogP) is 0.685. The molecule has 1 atom stereocenters. The lowest BCUT2D eigenvalue weighted by molar-refractivity contribution is -0.134. The first-order chi connectivity index (χ1) is 11.4. The van der Waals surface area contributed by atoms with Gasteiger partial charge in [-0.05, 0) is 26.3 Å². The molecule has 2 aliphatic rings. The van der Waals surface area contributed by atoms with Crippen LogP contribution in [-0.2, 0) is 21.2 Å². The highest BCUT2D eigenvalue weighted by atomic mass is 32.2. The largest absolute Gasteiger partial charge is 0.332 e. The molecule has 2 fully saturated rings. The summed E-state index contributed by atoms with van der Waals surface area (Å²) in [5.41, 5.74) is 0.808. The summed E-state index contributed by atoms with van der Waals surface area (Å²) in [5.74, 6) is 0.0593. The SMILES string of the molecule is CCN(CC(=O)N1CCS(=O)(=O)C[C@@H]1c1cnn(CC)c1)C1CC1. The fraction of sp³-hybridized carbons (Fsp3) is 0.750. The number of amides is 1. The Morgan fingerprint density at radius 3 is 2.71 bits per heavy atom. The Morgan fingerprint density at radius 2 is 2.12 bits per heavy atom. The molecule has 0 N–H and O–H groups in total. The van der Waals surface area contributed by atoms with Crippen LogP contribution in [0.2, 0.25) is 0 Å². The molecule has 2 heterocycles. The minimum absolute atomic E-state index is 0.0102. The third-order valence-electron chi connectivity index (χ3n) is 4.92. The molecule has 1 saturated heterocycles. The molecule has 8 heteroatoms. The first-order valence-electron chi connectivity index (χ1n) is 8.69. The number of carbonyl (C=O) groups is 1. The molecular weight excluding hydrogens is 328 g/mol. The van der Waals surface area contributed by atoms with Crippen molar-refractivity contribution < 1.29 is 13.2 Å². The van der Waals surface area contributed by atoms with Crippen molar-refractivity contribution in [2.45, 2.75) is 45.3 Å². The van der Waals surface area contributed by atoms with Gasteiger partial charge in [0.15, 0.2) is 9.84 Å². The van der Waals surface area contributed by atoms with Gasteiger partial charge in [0.05, 0.1) is 30.3 Å². The first kappa shape index (κ1) is 17.4. The molecule has 0 unspecified atom stereocenters. The highest BCUT2D eigenvalue weighted by Crippen LogP contribution is 2.29. The summed E-state index contributed by atoms with van der Waals surface area (Å²) in [5, 5.41) is 4.24. The van der Waals surface area contributed by atoms with Gasteiger partial charge in [0, 0.05) is 30.9 Å². The summed E-state index contributed by atoms with van der Waals surface area (Å²) >= 11 is 0. The Balaban J connectivity index is 1.79. The zero-order chi connectivity index (χ0) is 17.3. The molecule has 1 aliphatic carbocycles. The van der Waals surface area contributed by atoms with E-state index in [4.69, 9.17) is 0 Å². The highest BCUT2D eigenvalue weighted by Gasteiger charge is 2.37. The molecule has 7 nitrogen and oxygen atoms in total. The van der Waals surface area contributed by atoms with Crippen LogP contribution >= 0.6 is 0 Å². The van der Waals surface area contributed by atoms with Crippen LogP contribution < -0.4 is 0 Å². The molecule has 0 aromatic carbocycles. The van der Waals surface area contributed by atoms with Gasteiger partial charge in [-0.25, -0.2) is 8.42 Å². The van der Waals surface area contributed by atoms with Crippen LogP contribution in [0.1, 0.15) is 38.3 Å². The summed E-state index contributed by atoms with van der Waals surface area (Å²) < 4.78 is 26.0. The molecule has 1 aromatic heterocycles. The number of rotatable bonds is 6. The van der Waals surface area contributed by atoms with Crippen molar-refractivity contribution >= 4 is 15.7 Å². The third kappa shape index (κ3) is 3.80.